The van der Waals surface area contributed by atoms with Gasteiger partial charge < -0.3 is 9.97 Å². The standard InChI is InChI=1S/C39H28N2/c1-3-11-23-22(4-2)32-33(27-15-8-5-12-24(23)27)36-35(29-17-10-7-14-26(29)31-19-21-41-39(31)36)37-34(32)28-16-9-6-13-25(28)30-18-20-40-38(30)37/h3,5-21,40-41H,4H2,1-2H3/b11-3-. The smallest absolute Gasteiger partial charge is 0.0546 e. The van der Waals surface area contributed by atoms with Gasteiger partial charge in [0.25, 0.3) is 0 Å². The third-order valence-electron chi connectivity index (χ3n) is 9.27. The van der Waals surface area contributed by atoms with Crippen molar-refractivity contribution in [1.82, 2.24) is 9.97 Å². The summed E-state index contributed by atoms with van der Waals surface area (Å²) in [6.07, 6.45) is 9.66. The molecule has 2 N–H and O–H groups in total. The second kappa shape index (κ2) is 8.22. The molecule has 9 aromatic rings. The van der Waals surface area contributed by atoms with Gasteiger partial charge in [-0.25, -0.2) is 0 Å². The van der Waals surface area contributed by atoms with E-state index in [1.165, 1.54) is 97.6 Å². The third-order valence-corrected chi connectivity index (χ3v) is 9.27. The fourth-order valence-corrected chi connectivity index (χ4v) is 7.79. The van der Waals surface area contributed by atoms with Gasteiger partial charge in [0.05, 0.1) is 11.0 Å². The lowest BCUT2D eigenvalue weighted by atomic mass is 9.81. The summed E-state index contributed by atoms with van der Waals surface area (Å²) in [5, 5.41) is 18.4. The van der Waals surface area contributed by atoms with E-state index in [0.717, 1.165) is 6.42 Å². The van der Waals surface area contributed by atoms with E-state index in [-0.39, 0.29) is 0 Å². The van der Waals surface area contributed by atoms with Crippen LogP contribution < -0.4 is 0 Å². The zero-order valence-corrected chi connectivity index (χ0v) is 23.1. The van der Waals surface area contributed by atoms with E-state index >= 15 is 0 Å². The normalized spacial score (nSPS) is 12.6. The van der Waals surface area contributed by atoms with Gasteiger partial charge in [-0.05, 0) is 74.3 Å². The minimum absolute atomic E-state index is 0.945. The highest BCUT2D eigenvalue weighted by molar-refractivity contribution is 6.48. The number of H-pyrrole nitrogens is 2. The molecule has 0 aliphatic rings. The van der Waals surface area contributed by atoms with Gasteiger partial charge in [-0.15, -0.1) is 0 Å². The molecule has 0 bridgehead atoms. The van der Waals surface area contributed by atoms with Crippen LogP contribution in [0.1, 0.15) is 25.0 Å². The summed E-state index contributed by atoms with van der Waals surface area (Å²) >= 11 is 0. The maximum Gasteiger partial charge on any atom is 0.0546 e. The number of hydrogen-bond acceptors (Lipinski definition) is 0. The van der Waals surface area contributed by atoms with Crippen LogP contribution in [-0.2, 0) is 6.42 Å². The number of benzene rings is 7. The van der Waals surface area contributed by atoms with Crippen molar-refractivity contribution in [1.29, 1.82) is 0 Å². The molecular formula is C39H28N2. The zero-order valence-electron chi connectivity index (χ0n) is 23.1. The summed E-state index contributed by atoms with van der Waals surface area (Å²) in [6, 6.07) is 31.4. The molecule has 0 spiro atoms. The summed E-state index contributed by atoms with van der Waals surface area (Å²) < 4.78 is 0. The van der Waals surface area contributed by atoms with Crippen molar-refractivity contribution < 1.29 is 0 Å². The Morgan fingerprint density at radius 1 is 0.488 bits per heavy atom. The molecule has 7 aromatic carbocycles. The summed E-state index contributed by atoms with van der Waals surface area (Å²) in [5.74, 6) is 0. The highest BCUT2D eigenvalue weighted by Crippen LogP contribution is 2.51. The van der Waals surface area contributed by atoms with Crippen molar-refractivity contribution in [2.75, 3.05) is 0 Å². The molecule has 194 valence electrons. The lowest BCUT2D eigenvalue weighted by Gasteiger charge is -2.22. The summed E-state index contributed by atoms with van der Waals surface area (Å²) in [4.78, 5) is 7.42. The molecule has 0 aliphatic carbocycles. The quantitative estimate of drug-likeness (QED) is 0.211. The molecule has 0 radical (unpaired) electrons. The zero-order chi connectivity index (χ0) is 27.2. The average molecular weight is 525 g/mol. The predicted octanol–water partition coefficient (Wildman–Crippen LogP) is 11.2. The van der Waals surface area contributed by atoms with E-state index < -0.39 is 0 Å². The van der Waals surface area contributed by atoms with Crippen LogP contribution in [0.5, 0.6) is 0 Å². The molecule has 0 amide bonds. The van der Waals surface area contributed by atoms with E-state index in [9.17, 15) is 0 Å². The molecule has 0 unspecified atom stereocenters. The van der Waals surface area contributed by atoms with Crippen molar-refractivity contribution in [3.8, 4) is 0 Å². The molecule has 0 aliphatic heterocycles. The van der Waals surface area contributed by atoms with Gasteiger partial charge in [0, 0.05) is 50.1 Å². The number of allylic oxidation sites excluding steroid dienone is 1. The van der Waals surface area contributed by atoms with Gasteiger partial charge in [0.2, 0.25) is 0 Å². The maximum atomic E-state index is 3.71. The van der Waals surface area contributed by atoms with E-state index in [4.69, 9.17) is 0 Å². The predicted molar refractivity (Wildman–Crippen MR) is 179 cm³/mol. The molecule has 0 atom stereocenters. The molecular weight excluding hydrogens is 496 g/mol. The van der Waals surface area contributed by atoms with Crippen LogP contribution >= 0.6 is 0 Å². The second-order valence-corrected chi connectivity index (χ2v) is 11.2. The van der Waals surface area contributed by atoms with Gasteiger partial charge in [-0.1, -0.05) is 91.9 Å². The Balaban J connectivity index is 1.82. The lowest BCUT2D eigenvalue weighted by molar-refractivity contribution is 1.16. The molecule has 2 heteroatoms. The highest BCUT2D eigenvalue weighted by Gasteiger charge is 2.24. The number of hydrogen-bond donors (Lipinski definition) is 2. The van der Waals surface area contributed by atoms with Crippen LogP contribution in [0.4, 0.5) is 0 Å². The van der Waals surface area contributed by atoms with Gasteiger partial charge in [0.15, 0.2) is 0 Å². The van der Waals surface area contributed by atoms with Crippen LogP contribution in [0.2, 0.25) is 0 Å². The largest absolute Gasteiger partial charge is 0.361 e. The van der Waals surface area contributed by atoms with Crippen molar-refractivity contribution in [3.63, 3.8) is 0 Å². The Morgan fingerprint density at radius 3 is 1.41 bits per heavy atom. The summed E-state index contributed by atoms with van der Waals surface area (Å²) in [6.45, 7) is 4.44. The molecule has 0 saturated heterocycles. The third kappa shape index (κ3) is 2.77. The monoisotopic (exact) mass is 524 g/mol. The SMILES string of the molecule is C/C=C\c1c(CC)c2c(c3ccccc13)c1c3[nH]ccc3c3ccccc3c1c1c3[nH]ccc3c3ccccc3c21. The van der Waals surface area contributed by atoms with Gasteiger partial charge in [-0.3, -0.25) is 0 Å². The summed E-state index contributed by atoms with van der Waals surface area (Å²) in [5.41, 5.74) is 5.17. The van der Waals surface area contributed by atoms with E-state index in [1.54, 1.807) is 0 Å². The number of nitrogens with one attached hydrogen (secondary N) is 2. The van der Waals surface area contributed by atoms with Crippen LogP contribution in [0.15, 0.2) is 103 Å². The molecule has 2 heterocycles. The van der Waals surface area contributed by atoms with Gasteiger partial charge in [0.1, 0.15) is 0 Å². The van der Waals surface area contributed by atoms with Crippen LogP contribution in [0.3, 0.4) is 0 Å². The maximum absolute atomic E-state index is 3.71. The summed E-state index contributed by atoms with van der Waals surface area (Å²) in [7, 11) is 0. The lowest BCUT2D eigenvalue weighted by Crippen LogP contribution is -1.97. The van der Waals surface area contributed by atoms with E-state index in [1.807, 2.05) is 0 Å². The van der Waals surface area contributed by atoms with Crippen LogP contribution in [0.25, 0.3) is 92.5 Å². The molecule has 2 aromatic heterocycles. The number of fused-ring (bicyclic) bond motifs is 18. The number of aryl methyl sites for hydroxylation is 1. The first kappa shape index (κ1) is 22.7. The molecule has 0 fully saturated rings. The Kier molecular flexibility index (Phi) is 4.55. The number of aromatic amines is 2. The Bertz CT molecular complexity index is 2510. The minimum Gasteiger partial charge on any atom is -0.361 e. The van der Waals surface area contributed by atoms with Crippen molar-refractivity contribution in [3.05, 3.63) is 115 Å². The topological polar surface area (TPSA) is 31.6 Å². The Labute approximate surface area is 236 Å². The minimum atomic E-state index is 0.945. The van der Waals surface area contributed by atoms with Crippen molar-refractivity contribution in [2.24, 2.45) is 0 Å². The van der Waals surface area contributed by atoms with Gasteiger partial charge in [-0.2, -0.15) is 0 Å². The first-order chi connectivity index (χ1) is 20.3. The molecule has 2 nitrogen and oxygen atoms in total. The highest BCUT2D eigenvalue weighted by atomic mass is 14.7. The second-order valence-electron chi connectivity index (χ2n) is 11.2. The number of aromatic nitrogens is 2. The Morgan fingerprint density at radius 2 is 0.927 bits per heavy atom. The van der Waals surface area contributed by atoms with E-state index in [2.05, 4.69) is 133 Å². The Hall–Kier alpha value is -5.08. The molecule has 0 saturated carbocycles. The van der Waals surface area contributed by atoms with Crippen molar-refractivity contribution in [2.45, 2.75) is 20.3 Å². The van der Waals surface area contributed by atoms with Gasteiger partial charge >= 0.3 is 0 Å². The van der Waals surface area contributed by atoms with Crippen molar-refractivity contribution >= 4 is 92.5 Å². The average Bonchev–Trinajstić information content (AvgIpc) is 3.72. The van der Waals surface area contributed by atoms with E-state index in [0.29, 0.717) is 0 Å². The van der Waals surface area contributed by atoms with Crippen LogP contribution in [-0.4, -0.2) is 9.97 Å². The molecule has 41 heavy (non-hydrogen) atoms. The fourth-order valence-electron chi connectivity index (χ4n) is 7.79. The first-order valence-electron chi connectivity index (χ1n) is 14.6. The number of rotatable bonds is 2. The molecule has 9 rings (SSSR count). The van der Waals surface area contributed by atoms with Crippen LogP contribution in [0, 0.1) is 0 Å². The first-order valence-corrected chi connectivity index (χ1v) is 14.6. The fraction of sp³-hybridized carbons (Fsp3) is 0.0769.